The van der Waals surface area contributed by atoms with Crippen molar-refractivity contribution >= 4 is 67.2 Å². The normalized spacial score (nSPS) is 15.8. The number of amides is 1. The van der Waals surface area contributed by atoms with Crippen molar-refractivity contribution in [2.24, 2.45) is 0 Å². The molecule has 11 heteroatoms. The number of thiophene rings is 1. The minimum atomic E-state index is -0.873. The van der Waals surface area contributed by atoms with Gasteiger partial charge in [0.25, 0.3) is 5.91 Å². The Morgan fingerprint density at radius 2 is 1.89 bits per heavy atom. The van der Waals surface area contributed by atoms with Gasteiger partial charge < -0.3 is 5.11 Å². The van der Waals surface area contributed by atoms with Crippen LogP contribution < -0.4 is 4.90 Å². The zero-order valence-electron chi connectivity index (χ0n) is 17.7. The zero-order valence-corrected chi connectivity index (χ0v) is 21.8. The molecule has 0 aliphatic carbocycles. The molecule has 6 nitrogen and oxygen atoms in total. The molecule has 1 unspecified atom stereocenters. The molecule has 35 heavy (non-hydrogen) atoms. The van der Waals surface area contributed by atoms with E-state index in [9.17, 15) is 19.1 Å². The van der Waals surface area contributed by atoms with Crippen molar-refractivity contribution in [2.75, 3.05) is 4.90 Å². The van der Waals surface area contributed by atoms with Crippen molar-refractivity contribution in [3.8, 4) is 0 Å². The van der Waals surface area contributed by atoms with E-state index in [4.69, 9.17) is 0 Å². The topological polar surface area (TPSA) is 83.4 Å². The largest absolute Gasteiger partial charge is 0.503 e. The smallest absolute Gasteiger partial charge is 0.296 e. The molecule has 0 spiro atoms. The fourth-order valence-corrected chi connectivity index (χ4v) is 6.44. The van der Waals surface area contributed by atoms with Crippen LogP contribution in [0.1, 0.15) is 26.8 Å². The van der Waals surface area contributed by atoms with E-state index >= 15 is 0 Å². The minimum absolute atomic E-state index is 0.00414. The highest BCUT2D eigenvalue weighted by Gasteiger charge is 2.46. The second-order valence-electron chi connectivity index (χ2n) is 7.43. The van der Waals surface area contributed by atoms with Gasteiger partial charge in [-0.3, -0.25) is 14.5 Å². The van der Waals surface area contributed by atoms with Crippen molar-refractivity contribution in [1.82, 2.24) is 10.2 Å². The fraction of sp³-hybridized carbons (Fsp3) is 0.0833. The highest BCUT2D eigenvalue weighted by Crippen LogP contribution is 2.44. The Hall–Kier alpha value is -2.86. The quantitative estimate of drug-likeness (QED) is 0.149. The Kier molecular flexibility index (Phi) is 6.83. The van der Waals surface area contributed by atoms with Gasteiger partial charge in [0.15, 0.2) is 10.1 Å². The second kappa shape index (κ2) is 10.0. The number of aromatic nitrogens is 2. The predicted molar refractivity (Wildman–Crippen MR) is 139 cm³/mol. The number of Topliss-reactive ketones (excluding diaryl/α,β-unsaturated/α-hetero) is 1. The lowest BCUT2D eigenvalue weighted by Gasteiger charge is -2.24. The minimum Gasteiger partial charge on any atom is -0.503 e. The highest BCUT2D eigenvalue weighted by molar-refractivity contribution is 9.10. The summed E-state index contributed by atoms with van der Waals surface area (Å²) in [4.78, 5) is 28.3. The number of carbonyl (C=O) groups excluding carboxylic acids is 2. The van der Waals surface area contributed by atoms with Gasteiger partial charge in [0.1, 0.15) is 5.82 Å². The Morgan fingerprint density at radius 3 is 2.60 bits per heavy atom. The number of hydrogen-bond donors (Lipinski definition) is 1. The van der Waals surface area contributed by atoms with Crippen molar-refractivity contribution in [1.29, 1.82) is 0 Å². The van der Waals surface area contributed by atoms with Gasteiger partial charge >= 0.3 is 0 Å². The second-order valence-corrected chi connectivity index (χ2v) is 11.5. The first kappa shape index (κ1) is 23.9. The van der Waals surface area contributed by atoms with Crippen LogP contribution in [0.5, 0.6) is 0 Å². The molecule has 1 atom stereocenters. The molecule has 0 fully saturated rings. The average Bonchev–Trinajstić information content (AvgIpc) is 3.60. The van der Waals surface area contributed by atoms with Crippen LogP contribution in [0.15, 0.2) is 86.2 Å². The number of rotatable bonds is 7. The maximum absolute atomic E-state index is 14.0. The molecule has 3 heterocycles. The van der Waals surface area contributed by atoms with Gasteiger partial charge in [0.2, 0.25) is 10.9 Å². The van der Waals surface area contributed by atoms with E-state index < -0.39 is 23.5 Å². The Balaban J connectivity index is 1.49. The summed E-state index contributed by atoms with van der Waals surface area (Å²) in [6.07, 6.45) is 0. The van der Waals surface area contributed by atoms with E-state index in [0.717, 1.165) is 15.8 Å². The molecule has 0 radical (unpaired) electrons. The van der Waals surface area contributed by atoms with Crippen molar-refractivity contribution in [3.63, 3.8) is 0 Å². The summed E-state index contributed by atoms with van der Waals surface area (Å²) in [5.41, 5.74) is 1.17. The van der Waals surface area contributed by atoms with Crippen LogP contribution in [0.25, 0.3) is 0 Å². The summed E-state index contributed by atoms with van der Waals surface area (Å²) >= 11 is 7.07. The summed E-state index contributed by atoms with van der Waals surface area (Å²) in [6.45, 7) is 0. The third kappa shape index (κ3) is 4.68. The zero-order chi connectivity index (χ0) is 24.5. The summed E-state index contributed by atoms with van der Waals surface area (Å²) in [5, 5.41) is 21.1. The number of thioether (sulfide) groups is 1. The predicted octanol–water partition coefficient (Wildman–Crippen LogP) is 6.58. The molecule has 4 aromatic rings. The van der Waals surface area contributed by atoms with Gasteiger partial charge in [-0.1, -0.05) is 75.4 Å². The van der Waals surface area contributed by atoms with E-state index in [0.29, 0.717) is 26.1 Å². The van der Waals surface area contributed by atoms with Gasteiger partial charge in [0, 0.05) is 10.2 Å². The summed E-state index contributed by atoms with van der Waals surface area (Å²) in [5.74, 6) is -1.70. The first-order valence-corrected chi connectivity index (χ1v) is 13.7. The standard InChI is InChI=1S/C24H15BrFN3O3S3/c25-15-9-7-13(8-10-15)19-18(20(30)17-6-3-11-33-17)21(31)22(32)29(19)23-27-28-24(35-23)34-12-14-4-1-2-5-16(14)26/h1-11,19,31H,12H2. The molecule has 5 rings (SSSR count). The number of aliphatic hydroxyl groups excluding tert-OH is 1. The van der Waals surface area contributed by atoms with Crippen molar-refractivity contribution < 1.29 is 19.1 Å². The lowest BCUT2D eigenvalue weighted by molar-refractivity contribution is -0.117. The van der Waals surface area contributed by atoms with Gasteiger partial charge in [-0.25, -0.2) is 4.39 Å². The van der Waals surface area contributed by atoms with Gasteiger partial charge in [-0.05, 0) is 40.8 Å². The molecule has 2 aromatic heterocycles. The first-order valence-electron chi connectivity index (χ1n) is 10.2. The molecule has 1 aliphatic rings. The lowest BCUT2D eigenvalue weighted by Crippen LogP contribution is -2.31. The highest BCUT2D eigenvalue weighted by atomic mass is 79.9. The van der Waals surface area contributed by atoms with Gasteiger partial charge in [0.05, 0.1) is 16.5 Å². The molecular weight excluding hydrogens is 573 g/mol. The van der Waals surface area contributed by atoms with E-state index in [1.165, 1.54) is 34.1 Å². The first-order chi connectivity index (χ1) is 16.9. The number of ketones is 1. The lowest BCUT2D eigenvalue weighted by atomic mass is 9.96. The molecule has 2 aromatic carbocycles. The molecule has 176 valence electrons. The van der Waals surface area contributed by atoms with Crippen LogP contribution in [0.4, 0.5) is 9.52 Å². The SMILES string of the molecule is O=C(C1=C(O)C(=O)N(c2nnc(SCc3ccccc3F)s2)C1c1ccc(Br)cc1)c1cccs1. The summed E-state index contributed by atoms with van der Waals surface area (Å²) in [7, 11) is 0. The molecule has 0 bridgehead atoms. The molecular formula is C24H15BrFN3O3S3. The fourth-order valence-electron chi connectivity index (χ4n) is 3.65. The molecule has 0 saturated heterocycles. The van der Waals surface area contributed by atoms with Crippen LogP contribution in [-0.4, -0.2) is 27.0 Å². The molecule has 1 N–H and O–H groups in total. The third-order valence-electron chi connectivity index (χ3n) is 5.29. The Bertz CT molecular complexity index is 1440. The van der Waals surface area contributed by atoms with Crippen molar-refractivity contribution in [3.05, 3.63) is 104 Å². The maximum Gasteiger partial charge on any atom is 0.296 e. The number of anilines is 1. The number of nitrogens with zero attached hydrogens (tertiary/aromatic N) is 3. The van der Waals surface area contributed by atoms with Crippen LogP contribution in [0.3, 0.4) is 0 Å². The summed E-state index contributed by atoms with van der Waals surface area (Å²) < 4.78 is 15.3. The van der Waals surface area contributed by atoms with Crippen LogP contribution >= 0.6 is 50.4 Å². The van der Waals surface area contributed by atoms with E-state index in [2.05, 4.69) is 26.1 Å². The average molecular weight is 589 g/mol. The number of hydrogen-bond acceptors (Lipinski definition) is 8. The molecule has 1 amide bonds. The van der Waals surface area contributed by atoms with E-state index in [-0.39, 0.29) is 16.5 Å². The maximum atomic E-state index is 14.0. The van der Waals surface area contributed by atoms with Crippen LogP contribution in [-0.2, 0) is 10.5 Å². The third-order valence-corrected chi connectivity index (χ3v) is 8.80. The summed E-state index contributed by atoms with van der Waals surface area (Å²) in [6, 6.07) is 16.2. The molecule has 1 aliphatic heterocycles. The molecule has 0 saturated carbocycles. The van der Waals surface area contributed by atoms with E-state index in [1.807, 2.05) is 0 Å². The Labute approximate surface area is 220 Å². The van der Waals surface area contributed by atoms with Gasteiger partial charge in [-0.15, -0.1) is 21.5 Å². The number of benzene rings is 2. The van der Waals surface area contributed by atoms with Crippen LogP contribution in [0, 0.1) is 5.82 Å². The van der Waals surface area contributed by atoms with E-state index in [1.54, 1.807) is 60.0 Å². The number of halogens is 2. The van der Waals surface area contributed by atoms with Gasteiger partial charge in [-0.2, -0.15) is 0 Å². The van der Waals surface area contributed by atoms with Crippen molar-refractivity contribution in [2.45, 2.75) is 16.1 Å². The van der Waals surface area contributed by atoms with Crippen LogP contribution in [0.2, 0.25) is 0 Å². The number of carbonyl (C=O) groups is 2. The monoisotopic (exact) mass is 587 g/mol. The Morgan fingerprint density at radius 1 is 1.11 bits per heavy atom. The number of aliphatic hydroxyl groups is 1.